The first kappa shape index (κ1) is 11.9. The lowest BCUT2D eigenvalue weighted by molar-refractivity contribution is -0.145. The van der Waals surface area contributed by atoms with Gasteiger partial charge in [0.2, 0.25) is 5.91 Å². The van der Waals surface area contributed by atoms with E-state index in [1.54, 1.807) is 0 Å². The molecule has 4 heteroatoms. The first-order valence-corrected chi connectivity index (χ1v) is 6.21. The summed E-state index contributed by atoms with van der Waals surface area (Å²) in [6.45, 7) is 5.44. The number of rotatable bonds is 2. The third-order valence-corrected chi connectivity index (χ3v) is 3.62. The van der Waals surface area contributed by atoms with E-state index in [9.17, 15) is 4.79 Å². The van der Waals surface area contributed by atoms with Gasteiger partial charge in [-0.15, -0.1) is 0 Å². The van der Waals surface area contributed by atoms with Crippen LogP contribution >= 0.6 is 0 Å². The Morgan fingerprint density at radius 2 is 1.94 bits per heavy atom. The second kappa shape index (κ2) is 4.34. The Morgan fingerprint density at radius 1 is 1.38 bits per heavy atom. The van der Waals surface area contributed by atoms with Crippen molar-refractivity contribution < 1.29 is 9.53 Å². The summed E-state index contributed by atoms with van der Waals surface area (Å²) in [6.07, 6.45) is 3.94. The summed E-state index contributed by atoms with van der Waals surface area (Å²) in [5.41, 5.74) is 5.89. The minimum absolute atomic E-state index is 0.141. The minimum Gasteiger partial charge on any atom is -0.372 e. The van der Waals surface area contributed by atoms with Crippen molar-refractivity contribution in [1.29, 1.82) is 0 Å². The van der Waals surface area contributed by atoms with Gasteiger partial charge in [0.25, 0.3) is 0 Å². The van der Waals surface area contributed by atoms with Crippen molar-refractivity contribution >= 4 is 5.91 Å². The summed E-state index contributed by atoms with van der Waals surface area (Å²) >= 11 is 0. The van der Waals surface area contributed by atoms with E-state index in [1.165, 1.54) is 6.42 Å². The lowest BCUT2D eigenvalue weighted by Crippen LogP contribution is -2.54. The molecule has 2 N–H and O–H groups in total. The molecule has 2 fully saturated rings. The van der Waals surface area contributed by atoms with E-state index in [-0.39, 0.29) is 23.7 Å². The monoisotopic (exact) mass is 226 g/mol. The van der Waals surface area contributed by atoms with Crippen molar-refractivity contribution in [2.75, 3.05) is 13.1 Å². The van der Waals surface area contributed by atoms with Gasteiger partial charge in [-0.2, -0.15) is 0 Å². The zero-order valence-electron chi connectivity index (χ0n) is 10.2. The molecule has 92 valence electrons. The van der Waals surface area contributed by atoms with Gasteiger partial charge >= 0.3 is 0 Å². The Kier molecular flexibility index (Phi) is 3.22. The van der Waals surface area contributed by atoms with E-state index in [2.05, 4.69) is 0 Å². The standard InChI is InChI=1S/C12H22N2O2/c1-9-7-14(8-10(2)16-9)11(15)6-12(13)4-3-5-12/h9-10H,3-8,13H2,1-2H3. The number of hydrogen-bond acceptors (Lipinski definition) is 3. The maximum atomic E-state index is 12.1. The number of ether oxygens (including phenoxy) is 1. The van der Waals surface area contributed by atoms with Crippen LogP contribution in [-0.2, 0) is 9.53 Å². The first-order chi connectivity index (χ1) is 7.48. The molecule has 16 heavy (non-hydrogen) atoms. The Bertz CT molecular complexity index is 266. The number of nitrogens with two attached hydrogens (primary N) is 1. The molecular weight excluding hydrogens is 204 g/mol. The number of morpholine rings is 1. The van der Waals surface area contributed by atoms with Crippen LogP contribution in [0.25, 0.3) is 0 Å². The summed E-state index contributed by atoms with van der Waals surface area (Å²) in [4.78, 5) is 14.0. The predicted molar refractivity (Wildman–Crippen MR) is 62.0 cm³/mol. The fraction of sp³-hybridized carbons (Fsp3) is 0.917. The van der Waals surface area contributed by atoms with Crippen LogP contribution < -0.4 is 5.73 Å². The molecule has 1 aliphatic heterocycles. The molecule has 0 radical (unpaired) electrons. The van der Waals surface area contributed by atoms with Gasteiger partial charge in [-0.3, -0.25) is 4.79 Å². The van der Waals surface area contributed by atoms with Crippen LogP contribution in [0.4, 0.5) is 0 Å². The SMILES string of the molecule is CC1CN(C(=O)CC2(N)CCC2)CC(C)O1. The topological polar surface area (TPSA) is 55.6 Å². The normalized spacial score (nSPS) is 33.3. The Morgan fingerprint density at radius 3 is 2.38 bits per heavy atom. The molecule has 2 atom stereocenters. The highest BCUT2D eigenvalue weighted by molar-refractivity contribution is 5.77. The second-order valence-electron chi connectivity index (χ2n) is 5.45. The van der Waals surface area contributed by atoms with Gasteiger partial charge in [0.05, 0.1) is 12.2 Å². The average molecular weight is 226 g/mol. The van der Waals surface area contributed by atoms with Gasteiger partial charge in [0.1, 0.15) is 0 Å². The molecule has 2 rings (SSSR count). The highest BCUT2D eigenvalue weighted by Crippen LogP contribution is 2.32. The third-order valence-electron chi connectivity index (χ3n) is 3.62. The molecule has 1 saturated heterocycles. The molecule has 2 unspecified atom stereocenters. The lowest BCUT2D eigenvalue weighted by Gasteiger charge is -2.41. The molecule has 0 aromatic carbocycles. The Balaban J connectivity index is 1.88. The Labute approximate surface area is 97.1 Å². The minimum atomic E-state index is -0.206. The van der Waals surface area contributed by atoms with E-state index < -0.39 is 0 Å². The van der Waals surface area contributed by atoms with Crippen molar-refractivity contribution in [3.05, 3.63) is 0 Å². The number of hydrogen-bond donors (Lipinski definition) is 1. The molecule has 1 heterocycles. The zero-order valence-corrected chi connectivity index (χ0v) is 10.2. The van der Waals surface area contributed by atoms with Gasteiger partial charge in [-0.25, -0.2) is 0 Å². The lowest BCUT2D eigenvalue weighted by atomic mass is 9.75. The van der Waals surface area contributed by atoms with Crippen LogP contribution in [0.2, 0.25) is 0 Å². The molecule has 1 amide bonds. The number of carbonyl (C=O) groups excluding carboxylic acids is 1. The summed E-state index contributed by atoms with van der Waals surface area (Å²) in [5, 5.41) is 0. The van der Waals surface area contributed by atoms with E-state index in [1.807, 2.05) is 18.7 Å². The van der Waals surface area contributed by atoms with Gasteiger partial charge in [0.15, 0.2) is 0 Å². The maximum Gasteiger partial charge on any atom is 0.224 e. The summed E-state index contributed by atoms with van der Waals surface area (Å²) in [6, 6.07) is 0. The summed E-state index contributed by atoms with van der Waals surface area (Å²) in [5.74, 6) is 0.198. The molecule has 0 bridgehead atoms. The van der Waals surface area contributed by atoms with E-state index in [0.717, 1.165) is 12.8 Å². The molecule has 1 aliphatic carbocycles. The molecule has 1 saturated carbocycles. The Hall–Kier alpha value is -0.610. The number of nitrogens with zero attached hydrogens (tertiary/aromatic N) is 1. The van der Waals surface area contributed by atoms with Crippen molar-refractivity contribution in [2.45, 2.75) is 57.3 Å². The molecule has 0 spiro atoms. The van der Waals surface area contributed by atoms with E-state index in [0.29, 0.717) is 19.5 Å². The van der Waals surface area contributed by atoms with Crippen LogP contribution in [0.1, 0.15) is 39.5 Å². The number of amides is 1. The molecule has 4 nitrogen and oxygen atoms in total. The van der Waals surface area contributed by atoms with Crippen LogP contribution in [0.5, 0.6) is 0 Å². The number of carbonyl (C=O) groups is 1. The van der Waals surface area contributed by atoms with E-state index >= 15 is 0 Å². The highest BCUT2D eigenvalue weighted by Gasteiger charge is 2.37. The quantitative estimate of drug-likeness (QED) is 0.761. The molecule has 2 aliphatic rings. The molecule has 0 aromatic rings. The third kappa shape index (κ3) is 2.55. The summed E-state index contributed by atoms with van der Waals surface area (Å²) < 4.78 is 5.61. The van der Waals surface area contributed by atoms with E-state index in [4.69, 9.17) is 10.5 Å². The molecular formula is C12H22N2O2. The van der Waals surface area contributed by atoms with Crippen molar-refractivity contribution in [2.24, 2.45) is 5.73 Å². The van der Waals surface area contributed by atoms with Crippen molar-refractivity contribution in [3.8, 4) is 0 Å². The van der Waals surface area contributed by atoms with Gasteiger partial charge in [-0.05, 0) is 33.1 Å². The fourth-order valence-corrected chi connectivity index (χ4v) is 2.60. The second-order valence-corrected chi connectivity index (χ2v) is 5.45. The van der Waals surface area contributed by atoms with Gasteiger partial charge in [0, 0.05) is 25.0 Å². The highest BCUT2D eigenvalue weighted by atomic mass is 16.5. The van der Waals surface area contributed by atoms with Gasteiger partial charge < -0.3 is 15.4 Å². The molecule has 0 aromatic heterocycles. The largest absolute Gasteiger partial charge is 0.372 e. The maximum absolute atomic E-state index is 12.1. The first-order valence-electron chi connectivity index (χ1n) is 6.21. The average Bonchev–Trinajstić information content (AvgIpc) is 2.13. The van der Waals surface area contributed by atoms with Gasteiger partial charge in [-0.1, -0.05) is 0 Å². The zero-order chi connectivity index (χ0) is 11.8. The smallest absolute Gasteiger partial charge is 0.224 e. The van der Waals surface area contributed by atoms with Crippen molar-refractivity contribution in [3.63, 3.8) is 0 Å². The van der Waals surface area contributed by atoms with Crippen LogP contribution in [0.3, 0.4) is 0 Å². The summed E-state index contributed by atoms with van der Waals surface area (Å²) in [7, 11) is 0. The fourth-order valence-electron chi connectivity index (χ4n) is 2.60. The van der Waals surface area contributed by atoms with Crippen molar-refractivity contribution in [1.82, 2.24) is 4.90 Å². The van der Waals surface area contributed by atoms with Crippen LogP contribution in [0, 0.1) is 0 Å². The van der Waals surface area contributed by atoms with Crippen LogP contribution in [0.15, 0.2) is 0 Å². The van der Waals surface area contributed by atoms with Crippen LogP contribution in [-0.4, -0.2) is 41.6 Å². The predicted octanol–water partition coefficient (Wildman–Crippen LogP) is 0.894.